The van der Waals surface area contributed by atoms with Crippen LogP contribution in [0.4, 0.5) is 0 Å². The average molecular weight is 254 g/mol. The van der Waals surface area contributed by atoms with Crippen molar-refractivity contribution in [2.24, 2.45) is 5.92 Å². The first kappa shape index (κ1) is 13.8. The molecule has 2 unspecified atom stereocenters. The maximum atomic E-state index is 10.6. The lowest BCUT2D eigenvalue weighted by Gasteiger charge is -2.26. The molecule has 0 aliphatic carbocycles. The molecule has 0 aromatic carbocycles. The van der Waals surface area contributed by atoms with Gasteiger partial charge in [-0.15, -0.1) is 0 Å². The Morgan fingerprint density at radius 3 is 2.83 bits per heavy atom. The van der Waals surface area contributed by atoms with E-state index in [0.717, 1.165) is 19.0 Å². The van der Waals surface area contributed by atoms with Crippen LogP contribution in [0.5, 0.6) is 0 Å². The highest BCUT2D eigenvalue weighted by Gasteiger charge is 2.29. The molecule has 2 heterocycles. The Balaban J connectivity index is 1.75. The molecule has 4 heteroatoms. The van der Waals surface area contributed by atoms with E-state index in [1.54, 1.807) is 0 Å². The van der Waals surface area contributed by atoms with Crippen LogP contribution in [0.25, 0.3) is 0 Å². The third-order valence-corrected chi connectivity index (χ3v) is 4.52. The van der Waals surface area contributed by atoms with Crippen LogP contribution in [0.1, 0.15) is 38.5 Å². The minimum Gasteiger partial charge on any atom is -0.481 e. The Labute approximate surface area is 110 Å². The van der Waals surface area contributed by atoms with Crippen molar-refractivity contribution in [2.45, 2.75) is 44.6 Å². The van der Waals surface area contributed by atoms with E-state index in [2.05, 4.69) is 16.8 Å². The second-order valence-corrected chi connectivity index (χ2v) is 5.97. The Morgan fingerprint density at radius 1 is 1.22 bits per heavy atom. The molecule has 0 amide bonds. The van der Waals surface area contributed by atoms with E-state index in [9.17, 15) is 4.79 Å². The summed E-state index contributed by atoms with van der Waals surface area (Å²) in [5.74, 6) is -0.0355. The summed E-state index contributed by atoms with van der Waals surface area (Å²) in [4.78, 5) is 15.6. The number of hydrogen-bond donors (Lipinski definition) is 1. The quantitative estimate of drug-likeness (QED) is 0.828. The molecule has 2 aliphatic heterocycles. The van der Waals surface area contributed by atoms with Crippen LogP contribution >= 0.6 is 0 Å². The Morgan fingerprint density at radius 2 is 2.06 bits per heavy atom. The molecule has 0 aromatic rings. The number of likely N-dealkylation sites (tertiary alicyclic amines) is 2. The first-order chi connectivity index (χ1) is 8.65. The molecule has 0 spiro atoms. The number of carboxylic acid groups (broad SMARTS) is 1. The summed E-state index contributed by atoms with van der Waals surface area (Å²) in [5.41, 5.74) is 0. The zero-order valence-electron chi connectivity index (χ0n) is 11.5. The van der Waals surface area contributed by atoms with Gasteiger partial charge >= 0.3 is 5.97 Å². The summed E-state index contributed by atoms with van der Waals surface area (Å²) < 4.78 is 0. The largest absolute Gasteiger partial charge is 0.481 e. The van der Waals surface area contributed by atoms with Crippen molar-refractivity contribution in [3.05, 3.63) is 0 Å². The van der Waals surface area contributed by atoms with Gasteiger partial charge in [-0.25, -0.2) is 0 Å². The fraction of sp³-hybridized carbons (Fsp3) is 0.929. The molecule has 104 valence electrons. The van der Waals surface area contributed by atoms with Gasteiger partial charge in [0.15, 0.2) is 0 Å². The summed E-state index contributed by atoms with van der Waals surface area (Å²) in [7, 11) is 2.21. The van der Waals surface area contributed by atoms with E-state index >= 15 is 0 Å². The zero-order valence-corrected chi connectivity index (χ0v) is 11.5. The van der Waals surface area contributed by atoms with Crippen molar-refractivity contribution in [2.75, 3.05) is 33.2 Å². The van der Waals surface area contributed by atoms with Gasteiger partial charge in [-0.2, -0.15) is 0 Å². The third kappa shape index (κ3) is 3.95. The van der Waals surface area contributed by atoms with Crippen LogP contribution in [0.15, 0.2) is 0 Å². The fourth-order valence-corrected chi connectivity index (χ4v) is 3.35. The molecule has 2 fully saturated rings. The molecular formula is C14H26N2O2. The van der Waals surface area contributed by atoms with Crippen molar-refractivity contribution in [3.63, 3.8) is 0 Å². The molecule has 0 aromatic heterocycles. The maximum Gasteiger partial charge on any atom is 0.303 e. The van der Waals surface area contributed by atoms with E-state index < -0.39 is 5.97 Å². The first-order valence-electron chi connectivity index (χ1n) is 7.29. The van der Waals surface area contributed by atoms with E-state index in [1.165, 1.54) is 45.3 Å². The molecule has 0 bridgehead atoms. The summed E-state index contributed by atoms with van der Waals surface area (Å²) in [5, 5.41) is 8.74. The highest BCUT2D eigenvalue weighted by atomic mass is 16.4. The minimum atomic E-state index is -0.649. The molecule has 4 nitrogen and oxygen atoms in total. The Hall–Kier alpha value is -0.610. The maximum absolute atomic E-state index is 10.6. The van der Waals surface area contributed by atoms with Gasteiger partial charge in [0.25, 0.3) is 0 Å². The lowest BCUT2D eigenvalue weighted by atomic mass is 10.0. The highest BCUT2D eigenvalue weighted by Crippen LogP contribution is 2.26. The smallest absolute Gasteiger partial charge is 0.303 e. The average Bonchev–Trinajstić information content (AvgIpc) is 2.69. The molecule has 0 radical (unpaired) electrons. The first-order valence-corrected chi connectivity index (χ1v) is 7.29. The van der Waals surface area contributed by atoms with Crippen LogP contribution in [0.3, 0.4) is 0 Å². The molecule has 2 saturated heterocycles. The summed E-state index contributed by atoms with van der Waals surface area (Å²) in [6.07, 6.45) is 6.29. The van der Waals surface area contributed by atoms with Gasteiger partial charge in [-0.1, -0.05) is 0 Å². The standard InChI is InChI=1S/C14H26N2O2/c1-15-8-2-3-13(7-9-15)16-10-6-12(11-16)4-5-14(17)18/h12-13H,2-11H2,1H3,(H,17,18). The van der Waals surface area contributed by atoms with Crippen LogP contribution in [-0.4, -0.2) is 60.1 Å². The molecule has 2 atom stereocenters. The van der Waals surface area contributed by atoms with E-state index in [4.69, 9.17) is 5.11 Å². The SMILES string of the molecule is CN1CCCC(N2CCC(CCC(=O)O)C2)CC1. The number of rotatable bonds is 4. The van der Waals surface area contributed by atoms with Crippen molar-refractivity contribution in [1.82, 2.24) is 9.80 Å². The van der Waals surface area contributed by atoms with Crippen molar-refractivity contribution in [3.8, 4) is 0 Å². The molecular weight excluding hydrogens is 228 g/mol. The van der Waals surface area contributed by atoms with E-state index in [1.807, 2.05) is 0 Å². The van der Waals surface area contributed by atoms with Crippen molar-refractivity contribution >= 4 is 5.97 Å². The number of carboxylic acids is 1. The van der Waals surface area contributed by atoms with Crippen LogP contribution in [0.2, 0.25) is 0 Å². The molecule has 18 heavy (non-hydrogen) atoms. The third-order valence-electron chi connectivity index (χ3n) is 4.52. The Bertz CT molecular complexity index is 283. The van der Waals surface area contributed by atoms with Gasteiger partial charge in [0, 0.05) is 19.0 Å². The number of carbonyl (C=O) groups is 1. The normalized spacial score (nSPS) is 31.4. The zero-order chi connectivity index (χ0) is 13.0. The van der Waals surface area contributed by atoms with Crippen LogP contribution in [0, 0.1) is 5.92 Å². The number of nitrogens with zero attached hydrogens (tertiary/aromatic N) is 2. The predicted octanol–water partition coefficient (Wildman–Crippen LogP) is 1.66. The number of hydrogen-bond acceptors (Lipinski definition) is 3. The second-order valence-electron chi connectivity index (χ2n) is 5.97. The molecule has 1 N–H and O–H groups in total. The van der Waals surface area contributed by atoms with Crippen LogP contribution in [-0.2, 0) is 4.79 Å². The minimum absolute atomic E-state index is 0.339. The van der Waals surface area contributed by atoms with Gasteiger partial charge in [-0.3, -0.25) is 4.79 Å². The summed E-state index contributed by atoms with van der Waals surface area (Å²) in [6, 6.07) is 0.741. The van der Waals surface area contributed by atoms with Crippen molar-refractivity contribution < 1.29 is 9.90 Å². The molecule has 2 rings (SSSR count). The van der Waals surface area contributed by atoms with E-state index in [0.29, 0.717) is 12.3 Å². The predicted molar refractivity (Wildman–Crippen MR) is 71.7 cm³/mol. The number of aliphatic carboxylic acids is 1. The van der Waals surface area contributed by atoms with Gasteiger partial charge < -0.3 is 14.9 Å². The topological polar surface area (TPSA) is 43.8 Å². The highest BCUT2D eigenvalue weighted by molar-refractivity contribution is 5.66. The molecule has 0 saturated carbocycles. The lowest BCUT2D eigenvalue weighted by Crippen LogP contribution is -2.34. The lowest BCUT2D eigenvalue weighted by molar-refractivity contribution is -0.137. The van der Waals surface area contributed by atoms with Crippen molar-refractivity contribution in [1.29, 1.82) is 0 Å². The molecule has 2 aliphatic rings. The summed E-state index contributed by atoms with van der Waals surface area (Å²) >= 11 is 0. The van der Waals surface area contributed by atoms with Gasteiger partial charge in [0.05, 0.1) is 0 Å². The second kappa shape index (κ2) is 6.53. The van der Waals surface area contributed by atoms with Gasteiger partial charge in [0.1, 0.15) is 0 Å². The van der Waals surface area contributed by atoms with Gasteiger partial charge in [0.2, 0.25) is 0 Å². The summed E-state index contributed by atoms with van der Waals surface area (Å²) in [6.45, 7) is 4.74. The Kier molecular flexibility index (Phi) is 5.01. The monoisotopic (exact) mass is 254 g/mol. The fourth-order valence-electron chi connectivity index (χ4n) is 3.35. The van der Waals surface area contributed by atoms with Gasteiger partial charge in [-0.05, 0) is 64.7 Å². The van der Waals surface area contributed by atoms with Crippen LogP contribution < -0.4 is 0 Å². The van der Waals surface area contributed by atoms with E-state index in [-0.39, 0.29) is 0 Å².